The molecule has 0 radical (unpaired) electrons. The van der Waals surface area contributed by atoms with Gasteiger partial charge in [-0.2, -0.15) is 0 Å². The summed E-state index contributed by atoms with van der Waals surface area (Å²) in [6.07, 6.45) is 2.31. The highest BCUT2D eigenvalue weighted by atomic mass is 16.5. The maximum atomic E-state index is 5.55. The molecule has 0 amide bonds. The van der Waals surface area contributed by atoms with Gasteiger partial charge in [0.2, 0.25) is 0 Å². The van der Waals surface area contributed by atoms with Gasteiger partial charge in [0.1, 0.15) is 12.0 Å². The molecular weight excluding hydrogens is 142 g/mol. The number of nitrogen functional groups attached to an aromatic ring is 1. The largest absolute Gasteiger partial charge is 0.395 e. The molecule has 0 unspecified atom stereocenters. The Morgan fingerprint density at radius 1 is 1.64 bits per heavy atom. The normalized spacial score (nSPS) is 10.8. The first-order valence-electron chi connectivity index (χ1n) is 3.53. The third-order valence-corrected chi connectivity index (χ3v) is 1.47. The molecule has 4 heteroatoms. The first-order chi connectivity index (χ1) is 5.20. The number of aromatic nitrogens is 1. The van der Waals surface area contributed by atoms with Crippen LogP contribution in [0.25, 0.3) is 0 Å². The summed E-state index contributed by atoms with van der Waals surface area (Å²) in [6.45, 7) is 0.941. The first-order valence-corrected chi connectivity index (χ1v) is 3.53. The molecule has 2 N–H and O–H groups in total. The lowest BCUT2D eigenvalue weighted by Gasteiger charge is -2.06. The average Bonchev–Trinajstić information content (AvgIpc) is 2.31. The Balaban J connectivity index is 2.44. The number of rotatable bonds is 3. The van der Waals surface area contributed by atoms with E-state index in [1.165, 1.54) is 6.26 Å². The van der Waals surface area contributed by atoms with E-state index in [-0.39, 0.29) is 0 Å². The van der Waals surface area contributed by atoms with E-state index in [0.29, 0.717) is 5.69 Å². The molecule has 0 aromatic carbocycles. The van der Waals surface area contributed by atoms with Gasteiger partial charge in [-0.3, -0.25) is 0 Å². The van der Waals surface area contributed by atoms with Crippen molar-refractivity contribution in [2.75, 3.05) is 26.4 Å². The summed E-state index contributed by atoms with van der Waals surface area (Å²) in [4.78, 5) is 2.08. The molecule has 0 aliphatic carbocycles. The topological polar surface area (TPSA) is 55.3 Å². The Morgan fingerprint density at radius 3 is 2.82 bits per heavy atom. The second-order valence-electron chi connectivity index (χ2n) is 2.77. The summed E-state index contributed by atoms with van der Waals surface area (Å²) in [5.41, 5.74) is 7.04. The van der Waals surface area contributed by atoms with Crippen molar-refractivity contribution in [3.05, 3.63) is 12.0 Å². The fourth-order valence-electron chi connectivity index (χ4n) is 0.787. The van der Waals surface area contributed by atoms with Gasteiger partial charge in [-0.1, -0.05) is 5.16 Å². The van der Waals surface area contributed by atoms with Crippen molar-refractivity contribution >= 4 is 5.69 Å². The fourth-order valence-corrected chi connectivity index (χ4v) is 0.787. The van der Waals surface area contributed by atoms with Crippen molar-refractivity contribution < 1.29 is 4.52 Å². The van der Waals surface area contributed by atoms with Crippen LogP contribution in [0.2, 0.25) is 0 Å². The summed E-state index contributed by atoms with van der Waals surface area (Å²) in [5.74, 6) is 0. The molecule has 0 saturated carbocycles. The quantitative estimate of drug-likeness (QED) is 0.684. The van der Waals surface area contributed by atoms with Crippen molar-refractivity contribution in [1.29, 1.82) is 0 Å². The third-order valence-electron chi connectivity index (χ3n) is 1.47. The predicted octanol–water partition coefficient (Wildman–Crippen LogP) is 0.361. The molecule has 1 aromatic rings. The van der Waals surface area contributed by atoms with Crippen molar-refractivity contribution in [3.8, 4) is 0 Å². The Hall–Kier alpha value is -1.03. The number of nitrogens with two attached hydrogens (primary N) is 1. The van der Waals surface area contributed by atoms with E-state index in [1.54, 1.807) is 0 Å². The minimum Gasteiger partial charge on any atom is -0.395 e. The van der Waals surface area contributed by atoms with E-state index >= 15 is 0 Å². The summed E-state index contributed by atoms with van der Waals surface area (Å²) >= 11 is 0. The lowest BCUT2D eigenvalue weighted by atomic mass is 10.3. The highest BCUT2D eigenvalue weighted by Crippen LogP contribution is 2.08. The summed E-state index contributed by atoms with van der Waals surface area (Å²) in [7, 11) is 4.02. The van der Waals surface area contributed by atoms with Gasteiger partial charge >= 0.3 is 0 Å². The van der Waals surface area contributed by atoms with Crippen LogP contribution in [0.15, 0.2) is 10.8 Å². The summed E-state index contributed by atoms with van der Waals surface area (Å²) in [5, 5.41) is 3.76. The minimum absolute atomic E-state index is 0.645. The monoisotopic (exact) mass is 155 g/mol. The predicted molar refractivity (Wildman–Crippen MR) is 43.2 cm³/mol. The molecule has 0 aliphatic heterocycles. The van der Waals surface area contributed by atoms with Gasteiger partial charge in [-0.25, -0.2) is 0 Å². The van der Waals surface area contributed by atoms with Gasteiger partial charge in [0.15, 0.2) is 0 Å². The van der Waals surface area contributed by atoms with Crippen LogP contribution in [0.4, 0.5) is 5.69 Å². The fraction of sp³-hybridized carbons (Fsp3) is 0.571. The van der Waals surface area contributed by atoms with Gasteiger partial charge in [0, 0.05) is 13.0 Å². The number of hydrogen-bond acceptors (Lipinski definition) is 4. The number of likely N-dealkylation sites (N-methyl/N-ethyl adjacent to an activating group) is 1. The van der Waals surface area contributed by atoms with Crippen molar-refractivity contribution in [1.82, 2.24) is 10.1 Å². The van der Waals surface area contributed by atoms with Gasteiger partial charge in [0.25, 0.3) is 0 Å². The van der Waals surface area contributed by atoms with Gasteiger partial charge in [-0.15, -0.1) is 0 Å². The van der Waals surface area contributed by atoms with Crippen LogP contribution in [0.1, 0.15) is 5.69 Å². The van der Waals surface area contributed by atoms with Crippen LogP contribution in [0, 0.1) is 0 Å². The van der Waals surface area contributed by atoms with E-state index in [0.717, 1.165) is 18.7 Å². The van der Waals surface area contributed by atoms with E-state index in [2.05, 4.69) is 14.6 Å². The minimum atomic E-state index is 0.645. The lowest BCUT2D eigenvalue weighted by Crippen LogP contribution is -2.15. The number of hydrogen-bond donors (Lipinski definition) is 1. The number of anilines is 1. The molecule has 0 fully saturated rings. The molecule has 1 heterocycles. The van der Waals surface area contributed by atoms with Crippen LogP contribution in [-0.4, -0.2) is 30.7 Å². The van der Waals surface area contributed by atoms with Crippen LogP contribution in [0.3, 0.4) is 0 Å². The van der Waals surface area contributed by atoms with Crippen molar-refractivity contribution in [2.45, 2.75) is 6.42 Å². The maximum absolute atomic E-state index is 5.55. The van der Waals surface area contributed by atoms with Crippen LogP contribution < -0.4 is 5.73 Å². The smallest absolute Gasteiger partial charge is 0.147 e. The van der Waals surface area contributed by atoms with Crippen LogP contribution in [-0.2, 0) is 6.42 Å². The highest BCUT2D eigenvalue weighted by molar-refractivity contribution is 5.38. The summed E-state index contributed by atoms with van der Waals surface area (Å²) < 4.78 is 4.68. The maximum Gasteiger partial charge on any atom is 0.147 e. The molecule has 0 atom stereocenters. The Bertz CT molecular complexity index is 219. The van der Waals surface area contributed by atoms with E-state index in [4.69, 9.17) is 5.73 Å². The molecule has 1 aromatic heterocycles. The Morgan fingerprint density at radius 2 is 2.36 bits per heavy atom. The van der Waals surface area contributed by atoms with Crippen molar-refractivity contribution in [2.24, 2.45) is 0 Å². The molecule has 0 spiro atoms. The van der Waals surface area contributed by atoms with E-state index in [9.17, 15) is 0 Å². The van der Waals surface area contributed by atoms with Gasteiger partial charge < -0.3 is 15.2 Å². The van der Waals surface area contributed by atoms with Crippen molar-refractivity contribution in [3.63, 3.8) is 0 Å². The zero-order valence-corrected chi connectivity index (χ0v) is 6.87. The average molecular weight is 155 g/mol. The molecule has 0 saturated heterocycles. The molecule has 62 valence electrons. The highest BCUT2D eigenvalue weighted by Gasteiger charge is 2.03. The number of nitrogens with zero attached hydrogens (tertiary/aromatic N) is 2. The van der Waals surface area contributed by atoms with Gasteiger partial charge in [0.05, 0.1) is 5.69 Å². The van der Waals surface area contributed by atoms with E-state index < -0.39 is 0 Å². The van der Waals surface area contributed by atoms with Crippen LogP contribution >= 0.6 is 0 Å². The molecule has 11 heavy (non-hydrogen) atoms. The molecule has 0 aliphatic rings. The molecule has 1 rings (SSSR count). The zero-order valence-electron chi connectivity index (χ0n) is 6.87. The molecule has 0 bridgehead atoms. The lowest BCUT2D eigenvalue weighted by molar-refractivity contribution is 0.388. The first kappa shape index (κ1) is 8.07. The second kappa shape index (κ2) is 3.39. The second-order valence-corrected chi connectivity index (χ2v) is 2.77. The van der Waals surface area contributed by atoms with E-state index in [1.807, 2.05) is 14.1 Å². The zero-order chi connectivity index (χ0) is 8.27. The Labute approximate surface area is 66.0 Å². The third kappa shape index (κ3) is 2.23. The van der Waals surface area contributed by atoms with Gasteiger partial charge in [-0.05, 0) is 14.1 Å². The molecule has 4 nitrogen and oxygen atoms in total. The van der Waals surface area contributed by atoms with Crippen LogP contribution in [0.5, 0.6) is 0 Å². The Kier molecular flexibility index (Phi) is 2.48. The molecular formula is C7H13N3O. The summed E-state index contributed by atoms with van der Waals surface area (Å²) in [6, 6.07) is 0. The standard InChI is InChI=1S/C7H13N3O/c1-10(2)4-3-7-6(8)5-11-9-7/h5H,3-4,8H2,1-2H3. The SMILES string of the molecule is CN(C)CCc1nocc1N.